The van der Waals surface area contributed by atoms with Gasteiger partial charge in [-0.05, 0) is 49.5 Å². The molecule has 1 heterocycles. The molecule has 2 aromatic rings. The number of carbonyl (C=O) groups is 4. The molecule has 0 spiro atoms. The van der Waals surface area contributed by atoms with Crippen molar-refractivity contribution in [3.8, 4) is 17.2 Å². The van der Waals surface area contributed by atoms with Crippen LogP contribution in [-0.4, -0.2) is 90.2 Å². The molecular formula is C24H30N2O11. The van der Waals surface area contributed by atoms with E-state index in [1.165, 1.54) is 11.1 Å². The highest BCUT2D eigenvalue weighted by Gasteiger charge is 2.15. The Bertz CT molecular complexity index is 1020. The van der Waals surface area contributed by atoms with Crippen LogP contribution in [-0.2, 0) is 25.7 Å². The highest BCUT2D eigenvalue weighted by molar-refractivity contribution is 6.27. The van der Waals surface area contributed by atoms with E-state index in [2.05, 4.69) is 48.6 Å². The Morgan fingerprint density at radius 2 is 1.46 bits per heavy atom. The number of nitrogens with one attached hydrogen (secondary N) is 1. The zero-order chi connectivity index (χ0) is 28.0. The molecule has 1 unspecified atom stereocenters. The van der Waals surface area contributed by atoms with Gasteiger partial charge in [-0.3, -0.25) is 0 Å². The van der Waals surface area contributed by atoms with E-state index in [4.69, 9.17) is 53.8 Å². The molecule has 5 N–H and O–H groups in total. The molecule has 1 aliphatic heterocycles. The van der Waals surface area contributed by atoms with Crippen molar-refractivity contribution in [2.45, 2.75) is 12.6 Å². The molecule has 2 aromatic carbocycles. The van der Waals surface area contributed by atoms with Crippen molar-refractivity contribution in [1.29, 1.82) is 0 Å². The van der Waals surface area contributed by atoms with Gasteiger partial charge in [0, 0.05) is 19.1 Å². The summed E-state index contributed by atoms with van der Waals surface area (Å²) in [6.45, 7) is 2.86. The third kappa shape index (κ3) is 11.3. The first-order valence-electron chi connectivity index (χ1n) is 10.8. The first-order chi connectivity index (χ1) is 17.5. The zero-order valence-corrected chi connectivity index (χ0v) is 20.5. The molecule has 3 rings (SSSR count). The van der Waals surface area contributed by atoms with E-state index in [-0.39, 0.29) is 6.04 Å². The van der Waals surface area contributed by atoms with Gasteiger partial charge in [-0.2, -0.15) is 0 Å². The summed E-state index contributed by atoms with van der Waals surface area (Å²) in [6.07, 6.45) is 0. The number of methoxy groups -OCH3 is 1. The normalized spacial score (nSPS) is 12.1. The number of aliphatic carboxylic acids is 4. The van der Waals surface area contributed by atoms with Crippen LogP contribution in [0, 0.1) is 0 Å². The van der Waals surface area contributed by atoms with Crippen LogP contribution in [0.15, 0.2) is 42.5 Å². The number of carboxylic acid groups (broad SMARTS) is 4. The van der Waals surface area contributed by atoms with Gasteiger partial charge >= 0.3 is 23.9 Å². The van der Waals surface area contributed by atoms with Crippen molar-refractivity contribution >= 4 is 23.9 Å². The minimum atomic E-state index is -1.82. The number of fused-ring (bicyclic) bond motifs is 1. The zero-order valence-electron chi connectivity index (χ0n) is 20.5. The van der Waals surface area contributed by atoms with Crippen molar-refractivity contribution in [3.05, 3.63) is 53.6 Å². The minimum Gasteiger partial charge on any atom is -0.497 e. The Kier molecular flexibility index (Phi) is 12.9. The van der Waals surface area contributed by atoms with Gasteiger partial charge in [0.2, 0.25) is 0 Å². The second-order valence-electron chi connectivity index (χ2n) is 7.59. The summed E-state index contributed by atoms with van der Waals surface area (Å²) in [7, 11) is 5.88. The summed E-state index contributed by atoms with van der Waals surface area (Å²) in [5.41, 5.74) is 2.42. The largest absolute Gasteiger partial charge is 0.497 e. The highest BCUT2D eigenvalue weighted by Crippen LogP contribution is 2.30. The van der Waals surface area contributed by atoms with Crippen LogP contribution in [0.1, 0.15) is 17.2 Å². The molecule has 0 saturated carbocycles. The van der Waals surface area contributed by atoms with E-state index < -0.39 is 23.9 Å². The van der Waals surface area contributed by atoms with Gasteiger partial charge in [-0.25, -0.2) is 19.2 Å². The molecular weight excluding hydrogens is 492 g/mol. The fourth-order valence-corrected chi connectivity index (χ4v) is 3.00. The summed E-state index contributed by atoms with van der Waals surface area (Å²) >= 11 is 0. The quantitative estimate of drug-likeness (QED) is 0.326. The van der Waals surface area contributed by atoms with Crippen molar-refractivity contribution in [2.75, 3.05) is 41.0 Å². The molecule has 1 aliphatic rings. The van der Waals surface area contributed by atoms with Gasteiger partial charge in [0.15, 0.2) is 11.5 Å². The van der Waals surface area contributed by atoms with Crippen LogP contribution in [0.3, 0.4) is 0 Å². The van der Waals surface area contributed by atoms with Crippen molar-refractivity contribution in [2.24, 2.45) is 0 Å². The lowest BCUT2D eigenvalue weighted by atomic mass is 10.1. The van der Waals surface area contributed by atoms with Crippen molar-refractivity contribution < 1.29 is 53.8 Å². The molecule has 13 nitrogen and oxygen atoms in total. The van der Waals surface area contributed by atoms with Crippen LogP contribution < -0.4 is 19.5 Å². The van der Waals surface area contributed by atoms with Gasteiger partial charge in [-0.1, -0.05) is 18.2 Å². The second-order valence-corrected chi connectivity index (χ2v) is 7.59. The smallest absolute Gasteiger partial charge is 0.414 e. The molecule has 0 aliphatic carbocycles. The third-order valence-corrected chi connectivity index (χ3v) is 4.74. The van der Waals surface area contributed by atoms with Crippen molar-refractivity contribution in [3.63, 3.8) is 0 Å². The average molecular weight is 523 g/mol. The third-order valence-electron chi connectivity index (χ3n) is 4.74. The summed E-state index contributed by atoms with van der Waals surface area (Å²) in [4.78, 5) is 38.6. The molecule has 0 bridgehead atoms. The van der Waals surface area contributed by atoms with E-state index in [9.17, 15) is 0 Å². The lowest BCUT2D eigenvalue weighted by Gasteiger charge is -2.26. The lowest BCUT2D eigenvalue weighted by molar-refractivity contribution is -0.159. The molecule has 0 radical (unpaired) electrons. The first kappa shape index (κ1) is 30.7. The molecule has 0 amide bonds. The second kappa shape index (κ2) is 15.6. The van der Waals surface area contributed by atoms with Crippen LogP contribution >= 0.6 is 0 Å². The average Bonchev–Trinajstić information content (AvgIpc) is 2.87. The first-order valence-corrected chi connectivity index (χ1v) is 10.8. The van der Waals surface area contributed by atoms with E-state index in [1.54, 1.807) is 7.11 Å². The predicted molar refractivity (Wildman–Crippen MR) is 129 cm³/mol. The predicted octanol–water partition coefficient (Wildman–Crippen LogP) is 1.17. The fraction of sp³-hybridized carbons (Fsp3) is 0.333. The Morgan fingerprint density at radius 1 is 0.892 bits per heavy atom. The fourth-order valence-electron chi connectivity index (χ4n) is 3.00. The minimum absolute atomic E-state index is 0.271. The standard InChI is InChI=1S/C20H26N2O3.2C2H2O4/c1-22(2)18(16-5-4-6-17(12-16)23-3)14-21-13-15-7-8-19-20(11-15)25-10-9-24-19;2*3-1(4)2(5)6/h4-8,11-12,18,21H,9-10,13-14H2,1-3H3;2*(H,3,4)(H,5,6). The van der Waals surface area contributed by atoms with Crippen LogP contribution in [0.4, 0.5) is 0 Å². The molecule has 0 fully saturated rings. The van der Waals surface area contributed by atoms with Crippen LogP contribution in [0.5, 0.6) is 17.2 Å². The summed E-state index contributed by atoms with van der Waals surface area (Å²) in [5.74, 6) is -4.74. The molecule has 202 valence electrons. The Hall–Kier alpha value is -4.36. The SMILES string of the molecule is COc1cccc(C(CNCc2ccc3c(c2)OCCO3)N(C)C)c1.O=C(O)C(=O)O.O=C(O)C(=O)O. The Morgan fingerprint density at radius 3 is 1.97 bits per heavy atom. The Labute approximate surface area is 212 Å². The number of ether oxygens (including phenoxy) is 3. The van der Waals surface area contributed by atoms with Gasteiger partial charge in [0.05, 0.1) is 7.11 Å². The van der Waals surface area contributed by atoms with Crippen LogP contribution in [0.25, 0.3) is 0 Å². The number of hydrogen-bond donors (Lipinski definition) is 5. The van der Waals surface area contributed by atoms with Gasteiger partial charge in [0.25, 0.3) is 0 Å². The van der Waals surface area contributed by atoms with Crippen molar-refractivity contribution in [1.82, 2.24) is 10.2 Å². The summed E-state index contributed by atoms with van der Waals surface area (Å²) < 4.78 is 16.6. The number of rotatable bonds is 7. The maximum Gasteiger partial charge on any atom is 0.414 e. The summed E-state index contributed by atoms with van der Waals surface area (Å²) in [5, 5.41) is 33.1. The highest BCUT2D eigenvalue weighted by atomic mass is 16.6. The van der Waals surface area contributed by atoms with E-state index in [0.717, 1.165) is 30.3 Å². The maximum absolute atomic E-state index is 9.10. The topological polar surface area (TPSA) is 192 Å². The van der Waals surface area contributed by atoms with E-state index >= 15 is 0 Å². The number of likely N-dealkylation sites (N-methyl/N-ethyl adjacent to an activating group) is 1. The maximum atomic E-state index is 9.10. The number of nitrogens with zero attached hydrogens (tertiary/aromatic N) is 1. The van der Waals surface area contributed by atoms with E-state index in [0.29, 0.717) is 13.2 Å². The van der Waals surface area contributed by atoms with Gasteiger partial charge in [-0.15, -0.1) is 0 Å². The molecule has 13 heteroatoms. The number of benzene rings is 2. The molecule has 0 saturated heterocycles. The number of hydrogen-bond acceptors (Lipinski definition) is 9. The monoisotopic (exact) mass is 522 g/mol. The molecule has 0 aromatic heterocycles. The molecule has 1 atom stereocenters. The van der Waals surface area contributed by atoms with Gasteiger partial charge in [0.1, 0.15) is 19.0 Å². The summed E-state index contributed by atoms with van der Waals surface area (Å²) in [6, 6.07) is 14.6. The lowest BCUT2D eigenvalue weighted by Crippen LogP contribution is -2.30. The molecule has 37 heavy (non-hydrogen) atoms. The van der Waals surface area contributed by atoms with Crippen LogP contribution in [0.2, 0.25) is 0 Å². The van der Waals surface area contributed by atoms with Gasteiger partial charge < -0.3 is 44.9 Å². The Balaban J connectivity index is 0.000000476. The van der Waals surface area contributed by atoms with E-state index in [1.807, 2.05) is 18.2 Å². The number of carboxylic acids is 4.